The zero-order valence-corrected chi connectivity index (χ0v) is 18.9. The number of para-hydroxylation sites is 1. The Labute approximate surface area is 185 Å². The van der Waals surface area contributed by atoms with Gasteiger partial charge in [-0.15, -0.1) is 0 Å². The van der Waals surface area contributed by atoms with Gasteiger partial charge in [-0.05, 0) is 56.4 Å². The van der Waals surface area contributed by atoms with E-state index in [1.54, 1.807) is 30.3 Å². The van der Waals surface area contributed by atoms with Crippen molar-refractivity contribution < 1.29 is 13.2 Å². The number of fused-ring (bicyclic) bond motifs is 1. The van der Waals surface area contributed by atoms with Gasteiger partial charge in [0.25, 0.3) is 0 Å². The lowest BCUT2D eigenvalue weighted by Crippen LogP contribution is -2.43. The predicted octanol–water partition coefficient (Wildman–Crippen LogP) is 3.04. The maximum atomic E-state index is 12.7. The third kappa shape index (κ3) is 4.77. The number of carbonyl (C=O) groups excluding carboxylic acids is 1. The van der Waals surface area contributed by atoms with Crippen molar-refractivity contribution >= 4 is 21.6 Å². The van der Waals surface area contributed by atoms with Crippen molar-refractivity contribution in [3.63, 3.8) is 0 Å². The van der Waals surface area contributed by atoms with Crippen LogP contribution in [0.4, 0.5) is 5.69 Å². The average Bonchev–Trinajstić information content (AvgIpc) is 3.12. The molecule has 2 aromatic carbocycles. The van der Waals surface area contributed by atoms with E-state index in [0.29, 0.717) is 43.4 Å². The molecule has 1 saturated heterocycles. The molecule has 0 saturated carbocycles. The molecular weight excluding hydrogens is 410 g/mol. The van der Waals surface area contributed by atoms with Crippen LogP contribution in [-0.4, -0.2) is 50.9 Å². The summed E-state index contributed by atoms with van der Waals surface area (Å²) in [6.07, 6.45) is 3.10. The first kappa shape index (κ1) is 21.8. The van der Waals surface area contributed by atoms with Gasteiger partial charge in [0.2, 0.25) is 15.9 Å². The van der Waals surface area contributed by atoms with Crippen LogP contribution in [0.25, 0.3) is 0 Å². The first-order valence-electron chi connectivity index (χ1n) is 11.1. The van der Waals surface area contributed by atoms with E-state index in [1.165, 1.54) is 15.6 Å². The van der Waals surface area contributed by atoms with Gasteiger partial charge < -0.3 is 10.2 Å². The molecule has 2 heterocycles. The van der Waals surface area contributed by atoms with Crippen molar-refractivity contribution in [3.05, 3.63) is 60.2 Å². The van der Waals surface area contributed by atoms with E-state index in [2.05, 4.69) is 41.4 Å². The minimum Gasteiger partial charge on any atom is -0.368 e. The molecule has 1 N–H and O–H groups in total. The van der Waals surface area contributed by atoms with Gasteiger partial charge in [0.05, 0.1) is 4.90 Å². The summed E-state index contributed by atoms with van der Waals surface area (Å²) in [6, 6.07) is 17.5. The van der Waals surface area contributed by atoms with Crippen LogP contribution in [0.5, 0.6) is 0 Å². The molecule has 1 atom stereocenters. The van der Waals surface area contributed by atoms with Gasteiger partial charge in [-0.25, -0.2) is 8.42 Å². The number of anilines is 1. The smallest absolute Gasteiger partial charge is 0.243 e. The molecular formula is C24H31N3O3S. The number of rotatable bonds is 7. The minimum atomic E-state index is -3.48. The van der Waals surface area contributed by atoms with Crippen molar-refractivity contribution in [1.82, 2.24) is 9.62 Å². The van der Waals surface area contributed by atoms with Crippen LogP contribution in [0.1, 0.15) is 31.7 Å². The zero-order chi connectivity index (χ0) is 21.8. The van der Waals surface area contributed by atoms with Crippen molar-refractivity contribution in [1.29, 1.82) is 0 Å². The number of sulfonamides is 1. The van der Waals surface area contributed by atoms with Crippen molar-refractivity contribution in [2.24, 2.45) is 5.92 Å². The fourth-order valence-electron chi connectivity index (χ4n) is 4.68. The molecule has 6 nitrogen and oxygen atoms in total. The van der Waals surface area contributed by atoms with Crippen LogP contribution in [-0.2, 0) is 21.2 Å². The number of nitrogens with zero attached hydrogens (tertiary/aromatic N) is 2. The number of hydrogen-bond acceptors (Lipinski definition) is 4. The maximum Gasteiger partial charge on any atom is 0.243 e. The van der Waals surface area contributed by atoms with Gasteiger partial charge >= 0.3 is 0 Å². The predicted molar refractivity (Wildman–Crippen MR) is 123 cm³/mol. The molecule has 2 aromatic rings. The number of nitrogens with one attached hydrogen (secondary N) is 1. The normalized spacial score (nSPS) is 19.9. The number of hydrogen-bond donors (Lipinski definition) is 1. The van der Waals surface area contributed by atoms with E-state index in [0.717, 1.165) is 19.4 Å². The Bertz CT molecular complexity index is 1000. The Balaban J connectivity index is 1.21. The van der Waals surface area contributed by atoms with Crippen molar-refractivity contribution in [2.45, 2.75) is 43.5 Å². The van der Waals surface area contributed by atoms with Crippen LogP contribution in [0.15, 0.2) is 59.5 Å². The Kier molecular flexibility index (Phi) is 6.62. The quantitative estimate of drug-likeness (QED) is 0.671. The Morgan fingerprint density at radius 1 is 1.03 bits per heavy atom. The number of amides is 1. The van der Waals surface area contributed by atoms with Crippen molar-refractivity contribution in [3.8, 4) is 0 Å². The van der Waals surface area contributed by atoms with E-state index in [9.17, 15) is 13.2 Å². The third-order valence-corrected chi connectivity index (χ3v) is 8.34. The molecule has 7 heteroatoms. The molecule has 0 aromatic heterocycles. The van der Waals surface area contributed by atoms with Gasteiger partial charge in [0, 0.05) is 43.8 Å². The molecule has 31 heavy (non-hydrogen) atoms. The van der Waals surface area contributed by atoms with E-state index < -0.39 is 10.0 Å². The van der Waals surface area contributed by atoms with Gasteiger partial charge in [0.15, 0.2) is 0 Å². The fourth-order valence-corrected chi connectivity index (χ4v) is 6.17. The topological polar surface area (TPSA) is 69.7 Å². The summed E-state index contributed by atoms with van der Waals surface area (Å²) in [7, 11) is -3.48. The highest BCUT2D eigenvalue weighted by molar-refractivity contribution is 7.89. The highest BCUT2D eigenvalue weighted by Gasteiger charge is 2.32. The molecule has 4 rings (SSSR count). The van der Waals surface area contributed by atoms with E-state index in [4.69, 9.17) is 0 Å². The largest absolute Gasteiger partial charge is 0.368 e. The zero-order valence-electron chi connectivity index (χ0n) is 18.0. The summed E-state index contributed by atoms with van der Waals surface area (Å²) >= 11 is 0. The van der Waals surface area contributed by atoms with Crippen molar-refractivity contribution in [2.75, 3.05) is 31.1 Å². The Morgan fingerprint density at radius 2 is 1.71 bits per heavy atom. The number of benzene rings is 2. The molecule has 166 valence electrons. The molecule has 0 spiro atoms. The van der Waals surface area contributed by atoms with Crippen LogP contribution < -0.4 is 10.2 Å². The SMILES string of the molecule is CC1Cc2ccccc2N1CCCNC(=O)C1CCN(S(=O)(=O)c2ccccc2)CC1. The highest BCUT2D eigenvalue weighted by Crippen LogP contribution is 2.31. The minimum absolute atomic E-state index is 0.0478. The van der Waals surface area contributed by atoms with E-state index in [1.807, 2.05) is 0 Å². The standard InChI is InChI=1S/C24H31N3O3S/c1-19-18-21-8-5-6-11-23(21)27(19)15-7-14-25-24(28)20-12-16-26(17-13-20)31(29,30)22-9-3-2-4-10-22/h2-6,8-11,19-20H,7,12-18H2,1H3,(H,25,28). The summed E-state index contributed by atoms with van der Waals surface area (Å²) in [6.45, 7) is 4.59. The molecule has 0 radical (unpaired) electrons. The lowest BCUT2D eigenvalue weighted by Gasteiger charge is -2.30. The second-order valence-electron chi connectivity index (χ2n) is 8.51. The molecule has 1 fully saturated rings. The van der Waals surface area contributed by atoms with Gasteiger partial charge in [0.1, 0.15) is 0 Å². The van der Waals surface area contributed by atoms with E-state index in [-0.39, 0.29) is 11.8 Å². The van der Waals surface area contributed by atoms with Gasteiger partial charge in [-0.1, -0.05) is 36.4 Å². The lowest BCUT2D eigenvalue weighted by atomic mass is 9.97. The lowest BCUT2D eigenvalue weighted by molar-refractivity contribution is -0.126. The monoisotopic (exact) mass is 441 g/mol. The number of piperidine rings is 1. The third-order valence-electron chi connectivity index (χ3n) is 6.43. The molecule has 0 bridgehead atoms. The first-order chi connectivity index (χ1) is 15.0. The molecule has 0 aliphatic carbocycles. The summed E-state index contributed by atoms with van der Waals surface area (Å²) in [4.78, 5) is 15.3. The highest BCUT2D eigenvalue weighted by atomic mass is 32.2. The maximum absolute atomic E-state index is 12.7. The number of carbonyl (C=O) groups is 1. The first-order valence-corrected chi connectivity index (χ1v) is 12.6. The van der Waals surface area contributed by atoms with E-state index >= 15 is 0 Å². The Hall–Kier alpha value is -2.38. The van der Waals surface area contributed by atoms with Crippen LogP contribution in [0.3, 0.4) is 0 Å². The van der Waals surface area contributed by atoms with Crippen LogP contribution in [0, 0.1) is 5.92 Å². The Morgan fingerprint density at radius 3 is 2.45 bits per heavy atom. The van der Waals surface area contributed by atoms with Crippen LogP contribution >= 0.6 is 0 Å². The summed E-state index contributed by atoms with van der Waals surface area (Å²) in [5.41, 5.74) is 2.71. The van der Waals surface area contributed by atoms with Crippen LogP contribution in [0.2, 0.25) is 0 Å². The average molecular weight is 442 g/mol. The van der Waals surface area contributed by atoms with Gasteiger partial charge in [-0.2, -0.15) is 4.31 Å². The molecule has 2 aliphatic rings. The molecule has 1 unspecified atom stereocenters. The molecule has 1 amide bonds. The summed E-state index contributed by atoms with van der Waals surface area (Å²) in [5.74, 6) is -0.0692. The fraction of sp³-hybridized carbons (Fsp3) is 0.458. The second-order valence-corrected chi connectivity index (χ2v) is 10.4. The molecule has 2 aliphatic heterocycles. The second kappa shape index (κ2) is 9.40. The van der Waals surface area contributed by atoms with Gasteiger partial charge in [-0.3, -0.25) is 4.79 Å². The summed E-state index contributed by atoms with van der Waals surface area (Å²) in [5, 5.41) is 3.07. The summed E-state index contributed by atoms with van der Waals surface area (Å²) < 4.78 is 27.0.